The van der Waals surface area contributed by atoms with Crippen LogP contribution in [-0.4, -0.2) is 37.4 Å². The number of anilines is 1. The zero-order chi connectivity index (χ0) is 20.4. The van der Waals surface area contributed by atoms with Gasteiger partial charge in [-0.05, 0) is 61.7 Å². The molecule has 1 aromatic heterocycles. The van der Waals surface area contributed by atoms with Crippen LogP contribution in [0.5, 0.6) is 5.75 Å². The van der Waals surface area contributed by atoms with Crippen molar-refractivity contribution in [1.82, 2.24) is 4.90 Å². The molecule has 29 heavy (non-hydrogen) atoms. The molecule has 4 rings (SSSR count). The lowest BCUT2D eigenvalue weighted by molar-refractivity contribution is -0.118. The number of hydrogen-bond acceptors (Lipinski definition) is 4. The van der Waals surface area contributed by atoms with Gasteiger partial charge in [0.15, 0.2) is 6.61 Å². The molecule has 2 aromatic carbocycles. The largest absolute Gasteiger partial charge is 0.484 e. The predicted molar refractivity (Wildman–Crippen MR) is 111 cm³/mol. The second kappa shape index (κ2) is 7.99. The summed E-state index contributed by atoms with van der Waals surface area (Å²) in [5.41, 5.74) is 3.34. The molecule has 0 saturated heterocycles. The topological polar surface area (TPSA) is 71.8 Å². The molecule has 0 saturated carbocycles. The van der Waals surface area contributed by atoms with Gasteiger partial charge in [-0.1, -0.05) is 0 Å². The first-order chi connectivity index (χ1) is 14.0. The average Bonchev–Trinajstić information content (AvgIpc) is 3.10. The van der Waals surface area contributed by atoms with E-state index >= 15 is 0 Å². The number of aryl methyl sites for hydroxylation is 2. The Morgan fingerprint density at radius 1 is 1.07 bits per heavy atom. The van der Waals surface area contributed by atoms with E-state index in [1.807, 2.05) is 18.2 Å². The minimum Gasteiger partial charge on any atom is -0.484 e. The molecule has 3 aromatic rings. The van der Waals surface area contributed by atoms with Crippen LogP contribution < -0.4 is 10.1 Å². The van der Waals surface area contributed by atoms with E-state index in [1.54, 1.807) is 38.4 Å². The molecule has 0 unspecified atom stereocenters. The SMILES string of the molecule is CN(C)C(=O)c1ccc(NC(=O)COc2ccc3oc4c(c3c2)CCCC4)cc1. The number of nitrogens with one attached hydrogen (secondary N) is 1. The highest BCUT2D eigenvalue weighted by atomic mass is 16.5. The van der Waals surface area contributed by atoms with E-state index in [9.17, 15) is 9.59 Å². The van der Waals surface area contributed by atoms with E-state index < -0.39 is 0 Å². The van der Waals surface area contributed by atoms with E-state index in [-0.39, 0.29) is 18.4 Å². The Balaban J connectivity index is 1.37. The summed E-state index contributed by atoms with van der Waals surface area (Å²) in [5.74, 6) is 1.39. The van der Waals surface area contributed by atoms with Crippen LogP contribution in [0.4, 0.5) is 5.69 Å². The van der Waals surface area contributed by atoms with Gasteiger partial charge >= 0.3 is 0 Å². The van der Waals surface area contributed by atoms with E-state index in [0.717, 1.165) is 29.6 Å². The maximum Gasteiger partial charge on any atom is 0.262 e. The lowest BCUT2D eigenvalue weighted by Gasteiger charge is -2.11. The summed E-state index contributed by atoms with van der Waals surface area (Å²) in [5, 5.41) is 3.86. The molecular weight excluding hydrogens is 368 g/mol. The number of hydrogen-bond donors (Lipinski definition) is 1. The molecule has 1 N–H and O–H groups in total. The molecule has 0 atom stereocenters. The van der Waals surface area contributed by atoms with Gasteiger partial charge in [0.1, 0.15) is 17.1 Å². The molecule has 0 spiro atoms. The Bertz CT molecular complexity index is 1050. The van der Waals surface area contributed by atoms with Crippen LogP contribution in [0.1, 0.15) is 34.5 Å². The van der Waals surface area contributed by atoms with Crippen molar-refractivity contribution in [3.8, 4) is 5.75 Å². The summed E-state index contributed by atoms with van der Waals surface area (Å²) in [4.78, 5) is 25.7. The van der Waals surface area contributed by atoms with Crippen LogP contribution in [0.3, 0.4) is 0 Å². The maximum absolute atomic E-state index is 12.2. The van der Waals surface area contributed by atoms with Crippen LogP contribution in [0, 0.1) is 0 Å². The fourth-order valence-electron chi connectivity index (χ4n) is 3.63. The molecule has 6 nitrogen and oxygen atoms in total. The van der Waals surface area contributed by atoms with Gasteiger partial charge in [-0.2, -0.15) is 0 Å². The summed E-state index contributed by atoms with van der Waals surface area (Å²) in [6.07, 6.45) is 4.36. The van der Waals surface area contributed by atoms with E-state index in [0.29, 0.717) is 17.0 Å². The third-order valence-electron chi connectivity index (χ3n) is 5.12. The van der Waals surface area contributed by atoms with Crippen molar-refractivity contribution in [2.24, 2.45) is 0 Å². The number of carbonyl (C=O) groups excluding carboxylic acids is 2. The lowest BCUT2D eigenvalue weighted by atomic mass is 9.96. The zero-order valence-corrected chi connectivity index (χ0v) is 16.7. The minimum atomic E-state index is -0.258. The van der Waals surface area contributed by atoms with Gasteiger partial charge in [-0.3, -0.25) is 9.59 Å². The second-order valence-electron chi connectivity index (χ2n) is 7.48. The summed E-state index contributed by atoms with van der Waals surface area (Å²) in [6.45, 7) is -0.0933. The standard InChI is InChI=1S/C23H24N2O4/c1-25(2)23(27)15-7-9-16(10-8-15)24-22(26)14-28-17-11-12-21-19(13-17)18-5-3-4-6-20(18)29-21/h7-13H,3-6,14H2,1-2H3,(H,24,26). The van der Waals surface area contributed by atoms with Crippen molar-refractivity contribution >= 4 is 28.5 Å². The Morgan fingerprint density at radius 3 is 2.59 bits per heavy atom. The number of ether oxygens (including phenoxy) is 1. The van der Waals surface area contributed by atoms with Crippen LogP contribution >= 0.6 is 0 Å². The first-order valence-electron chi connectivity index (χ1n) is 9.80. The average molecular weight is 392 g/mol. The molecule has 0 fully saturated rings. The van der Waals surface area contributed by atoms with Gasteiger partial charge in [-0.25, -0.2) is 0 Å². The molecule has 0 radical (unpaired) electrons. The van der Waals surface area contributed by atoms with E-state index in [1.165, 1.54) is 23.3 Å². The van der Waals surface area contributed by atoms with Crippen LogP contribution in [0.2, 0.25) is 0 Å². The van der Waals surface area contributed by atoms with Crippen molar-refractivity contribution in [2.45, 2.75) is 25.7 Å². The van der Waals surface area contributed by atoms with Crippen LogP contribution in [-0.2, 0) is 17.6 Å². The van der Waals surface area contributed by atoms with Gasteiger partial charge in [0.2, 0.25) is 0 Å². The summed E-state index contributed by atoms with van der Waals surface area (Å²) < 4.78 is 11.6. The van der Waals surface area contributed by atoms with Gasteiger partial charge < -0.3 is 19.4 Å². The van der Waals surface area contributed by atoms with Crippen molar-refractivity contribution in [2.75, 3.05) is 26.0 Å². The van der Waals surface area contributed by atoms with Crippen LogP contribution in [0.25, 0.3) is 11.0 Å². The molecule has 1 heterocycles. The predicted octanol–water partition coefficient (Wildman–Crippen LogP) is 4.03. The first kappa shape index (κ1) is 19.1. The number of benzene rings is 2. The normalized spacial score (nSPS) is 13.0. The third kappa shape index (κ3) is 4.11. The van der Waals surface area contributed by atoms with E-state index in [2.05, 4.69) is 5.32 Å². The van der Waals surface area contributed by atoms with Crippen molar-refractivity contribution in [3.63, 3.8) is 0 Å². The Hall–Kier alpha value is -3.28. The monoisotopic (exact) mass is 392 g/mol. The number of amides is 2. The Kier molecular flexibility index (Phi) is 5.25. The molecule has 0 aliphatic heterocycles. The third-order valence-corrected chi connectivity index (χ3v) is 5.12. The summed E-state index contributed by atoms with van der Waals surface area (Å²) in [7, 11) is 3.40. The zero-order valence-electron chi connectivity index (χ0n) is 16.7. The number of nitrogens with zero attached hydrogens (tertiary/aromatic N) is 1. The molecule has 6 heteroatoms. The fraction of sp³-hybridized carbons (Fsp3) is 0.304. The minimum absolute atomic E-state index is 0.0805. The molecular formula is C23H24N2O4. The molecule has 1 aliphatic rings. The Morgan fingerprint density at radius 2 is 1.83 bits per heavy atom. The molecule has 1 aliphatic carbocycles. The van der Waals surface area contributed by atoms with Crippen molar-refractivity contribution in [1.29, 1.82) is 0 Å². The highest BCUT2D eigenvalue weighted by Crippen LogP contribution is 2.33. The number of rotatable bonds is 5. The molecule has 0 bridgehead atoms. The molecule has 2 amide bonds. The van der Waals surface area contributed by atoms with Gasteiger partial charge in [0.05, 0.1) is 0 Å². The maximum atomic E-state index is 12.2. The summed E-state index contributed by atoms with van der Waals surface area (Å²) >= 11 is 0. The van der Waals surface area contributed by atoms with Gasteiger partial charge in [-0.15, -0.1) is 0 Å². The summed E-state index contributed by atoms with van der Waals surface area (Å²) in [6, 6.07) is 12.5. The number of furan rings is 1. The van der Waals surface area contributed by atoms with Crippen molar-refractivity contribution in [3.05, 3.63) is 59.4 Å². The van der Waals surface area contributed by atoms with Gasteiger partial charge in [0, 0.05) is 42.7 Å². The van der Waals surface area contributed by atoms with E-state index in [4.69, 9.17) is 9.15 Å². The Labute approximate surface area is 169 Å². The highest BCUT2D eigenvalue weighted by Gasteiger charge is 2.18. The van der Waals surface area contributed by atoms with Crippen LogP contribution in [0.15, 0.2) is 46.9 Å². The quantitative estimate of drug-likeness (QED) is 0.712. The number of carbonyl (C=O) groups is 2. The number of fused-ring (bicyclic) bond motifs is 3. The fourth-order valence-corrected chi connectivity index (χ4v) is 3.63. The second-order valence-corrected chi connectivity index (χ2v) is 7.48. The first-order valence-corrected chi connectivity index (χ1v) is 9.80. The highest BCUT2D eigenvalue weighted by molar-refractivity contribution is 5.96. The lowest BCUT2D eigenvalue weighted by Crippen LogP contribution is -2.22. The van der Waals surface area contributed by atoms with Gasteiger partial charge in [0.25, 0.3) is 11.8 Å². The van der Waals surface area contributed by atoms with Crippen molar-refractivity contribution < 1.29 is 18.7 Å². The molecule has 150 valence electrons. The smallest absolute Gasteiger partial charge is 0.262 e.